The maximum Gasteiger partial charge on any atom is 0.411 e. The topological polar surface area (TPSA) is 96.1 Å². The number of rotatable bonds is 4. The lowest BCUT2D eigenvalue weighted by atomic mass is 10.1. The number of anilines is 2. The molecule has 1 unspecified atom stereocenters. The molecule has 0 aliphatic carbocycles. The molecule has 0 bridgehead atoms. The van der Waals surface area contributed by atoms with Gasteiger partial charge in [-0.1, -0.05) is 11.6 Å². The Balaban J connectivity index is 1.89. The molecule has 0 spiro atoms. The highest BCUT2D eigenvalue weighted by molar-refractivity contribution is 6.31. The molecule has 0 aliphatic rings. The van der Waals surface area contributed by atoms with Gasteiger partial charge in [0.1, 0.15) is 11.6 Å². The first kappa shape index (κ1) is 18.7. The van der Waals surface area contributed by atoms with E-state index in [1.807, 2.05) is 0 Å². The van der Waals surface area contributed by atoms with Crippen molar-refractivity contribution in [2.75, 3.05) is 17.7 Å². The van der Waals surface area contributed by atoms with E-state index in [1.165, 1.54) is 13.3 Å². The van der Waals surface area contributed by atoms with Crippen molar-refractivity contribution in [3.05, 3.63) is 63.3 Å². The van der Waals surface area contributed by atoms with Gasteiger partial charge in [-0.3, -0.25) is 10.1 Å². The van der Waals surface area contributed by atoms with Crippen molar-refractivity contribution in [1.82, 2.24) is 9.97 Å². The van der Waals surface area contributed by atoms with Crippen LogP contribution in [0.2, 0.25) is 5.02 Å². The molecule has 0 radical (unpaired) electrons. The molecule has 2 heterocycles. The van der Waals surface area contributed by atoms with Crippen LogP contribution >= 0.6 is 11.6 Å². The first-order valence-electron chi connectivity index (χ1n) is 7.97. The number of aromatic amines is 1. The Labute approximate surface area is 158 Å². The average Bonchev–Trinajstić information content (AvgIpc) is 2.62. The van der Waals surface area contributed by atoms with Crippen LogP contribution in [0, 0.1) is 5.82 Å². The fourth-order valence-corrected chi connectivity index (χ4v) is 2.85. The van der Waals surface area contributed by atoms with Crippen LogP contribution in [0.1, 0.15) is 18.5 Å². The molecule has 1 amide bonds. The Morgan fingerprint density at radius 2 is 2.11 bits per heavy atom. The summed E-state index contributed by atoms with van der Waals surface area (Å²) >= 11 is 5.89. The highest BCUT2D eigenvalue weighted by atomic mass is 35.5. The average molecular weight is 391 g/mol. The van der Waals surface area contributed by atoms with Gasteiger partial charge in [0, 0.05) is 33.9 Å². The van der Waals surface area contributed by atoms with E-state index in [1.54, 1.807) is 31.2 Å². The second-order valence-electron chi connectivity index (χ2n) is 5.82. The SMILES string of the molecule is COC(=O)Nc1ccnc(NC(C)c2cc3cc(Cl)cc(F)c3[nH]c2=O)c1. The smallest absolute Gasteiger partial charge is 0.411 e. The molecular weight excluding hydrogens is 375 g/mol. The molecule has 9 heteroatoms. The van der Waals surface area contributed by atoms with Crippen LogP contribution in [0.25, 0.3) is 10.9 Å². The molecule has 27 heavy (non-hydrogen) atoms. The third-order valence-electron chi connectivity index (χ3n) is 3.92. The molecule has 1 aromatic carbocycles. The van der Waals surface area contributed by atoms with E-state index in [0.717, 1.165) is 6.07 Å². The van der Waals surface area contributed by atoms with E-state index in [9.17, 15) is 14.0 Å². The van der Waals surface area contributed by atoms with E-state index >= 15 is 0 Å². The van der Waals surface area contributed by atoms with Gasteiger partial charge in [-0.25, -0.2) is 14.2 Å². The summed E-state index contributed by atoms with van der Waals surface area (Å²) in [6.07, 6.45) is 0.894. The molecule has 3 N–H and O–H groups in total. The van der Waals surface area contributed by atoms with Crippen molar-refractivity contribution in [3.8, 4) is 0 Å². The van der Waals surface area contributed by atoms with Gasteiger partial charge in [-0.2, -0.15) is 0 Å². The van der Waals surface area contributed by atoms with Gasteiger partial charge >= 0.3 is 6.09 Å². The molecular formula is C18H16ClFN4O3. The Morgan fingerprint density at radius 1 is 1.33 bits per heavy atom. The third kappa shape index (κ3) is 4.17. The summed E-state index contributed by atoms with van der Waals surface area (Å²) in [7, 11) is 1.26. The van der Waals surface area contributed by atoms with Gasteiger partial charge in [-0.05, 0) is 31.2 Å². The number of nitrogens with one attached hydrogen (secondary N) is 3. The van der Waals surface area contributed by atoms with Crippen molar-refractivity contribution in [2.45, 2.75) is 13.0 Å². The van der Waals surface area contributed by atoms with Crippen LogP contribution in [-0.4, -0.2) is 23.2 Å². The van der Waals surface area contributed by atoms with Crippen LogP contribution in [0.3, 0.4) is 0 Å². The lowest BCUT2D eigenvalue weighted by Gasteiger charge is -2.15. The lowest BCUT2D eigenvalue weighted by molar-refractivity contribution is 0.187. The second kappa shape index (κ2) is 7.63. The number of carbonyl (C=O) groups is 1. The monoisotopic (exact) mass is 390 g/mol. The van der Waals surface area contributed by atoms with Gasteiger partial charge in [0.15, 0.2) is 0 Å². The zero-order valence-electron chi connectivity index (χ0n) is 14.5. The number of pyridine rings is 2. The first-order valence-corrected chi connectivity index (χ1v) is 8.34. The van der Waals surface area contributed by atoms with Gasteiger partial charge < -0.3 is 15.0 Å². The van der Waals surface area contributed by atoms with E-state index in [0.29, 0.717) is 22.5 Å². The number of methoxy groups -OCH3 is 1. The number of nitrogens with zero attached hydrogens (tertiary/aromatic N) is 1. The minimum atomic E-state index is -0.606. The van der Waals surface area contributed by atoms with Crippen LogP contribution in [0.5, 0.6) is 0 Å². The van der Waals surface area contributed by atoms with Gasteiger partial charge in [0.25, 0.3) is 5.56 Å². The third-order valence-corrected chi connectivity index (χ3v) is 4.14. The molecule has 0 aliphatic heterocycles. The number of hydrogen-bond donors (Lipinski definition) is 3. The number of benzene rings is 1. The highest BCUT2D eigenvalue weighted by Gasteiger charge is 2.14. The molecule has 140 valence electrons. The molecule has 3 rings (SSSR count). The largest absolute Gasteiger partial charge is 0.453 e. The van der Waals surface area contributed by atoms with E-state index in [2.05, 4.69) is 25.3 Å². The Hall–Kier alpha value is -3.13. The van der Waals surface area contributed by atoms with Crippen LogP contribution in [0.15, 0.2) is 41.3 Å². The molecule has 2 aromatic heterocycles. The second-order valence-corrected chi connectivity index (χ2v) is 6.25. The Bertz CT molecular complexity index is 1070. The normalized spacial score (nSPS) is 11.9. The number of halogens is 2. The number of carbonyl (C=O) groups excluding carboxylic acids is 1. The Kier molecular flexibility index (Phi) is 5.27. The van der Waals surface area contributed by atoms with E-state index in [-0.39, 0.29) is 10.5 Å². The predicted molar refractivity (Wildman–Crippen MR) is 102 cm³/mol. The molecule has 0 saturated carbocycles. The van der Waals surface area contributed by atoms with Gasteiger partial charge in [0.05, 0.1) is 18.7 Å². The maximum atomic E-state index is 14.0. The van der Waals surface area contributed by atoms with E-state index in [4.69, 9.17) is 11.6 Å². The van der Waals surface area contributed by atoms with Crippen LogP contribution in [-0.2, 0) is 4.74 Å². The Morgan fingerprint density at radius 3 is 2.85 bits per heavy atom. The zero-order valence-corrected chi connectivity index (χ0v) is 15.2. The number of hydrogen-bond acceptors (Lipinski definition) is 5. The van der Waals surface area contributed by atoms with Crippen LogP contribution < -0.4 is 16.2 Å². The van der Waals surface area contributed by atoms with Crippen molar-refractivity contribution in [2.24, 2.45) is 0 Å². The summed E-state index contributed by atoms with van der Waals surface area (Å²) in [4.78, 5) is 30.4. The maximum absolute atomic E-state index is 14.0. The summed E-state index contributed by atoms with van der Waals surface area (Å²) in [5, 5.41) is 6.32. The highest BCUT2D eigenvalue weighted by Crippen LogP contribution is 2.24. The van der Waals surface area contributed by atoms with Crippen molar-refractivity contribution in [3.63, 3.8) is 0 Å². The first-order chi connectivity index (χ1) is 12.9. The van der Waals surface area contributed by atoms with Crippen molar-refractivity contribution < 1.29 is 13.9 Å². The lowest BCUT2D eigenvalue weighted by Crippen LogP contribution is -2.20. The number of fused-ring (bicyclic) bond motifs is 1. The molecule has 3 aromatic rings. The molecule has 7 nitrogen and oxygen atoms in total. The summed E-state index contributed by atoms with van der Waals surface area (Å²) in [5.41, 5.74) is 0.542. The summed E-state index contributed by atoms with van der Waals surface area (Å²) < 4.78 is 18.5. The molecule has 1 atom stereocenters. The minimum absolute atomic E-state index is 0.0998. The minimum Gasteiger partial charge on any atom is -0.453 e. The van der Waals surface area contributed by atoms with Crippen molar-refractivity contribution >= 4 is 40.1 Å². The standard InChI is InChI=1S/C18H16ClFN4O3/c1-9(22-15-8-12(3-4-21-15)23-18(26)27-2)13-6-10-5-11(19)7-14(20)16(10)24-17(13)25/h3-9H,1-2H3,(H,24,25)(H2,21,22,23,26). The van der Waals surface area contributed by atoms with Gasteiger partial charge in [-0.15, -0.1) is 0 Å². The number of amides is 1. The van der Waals surface area contributed by atoms with Crippen molar-refractivity contribution in [1.29, 1.82) is 0 Å². The fourth-order valence-electron chi connectivity index (χ4n) is 2.64. The number of ether oxygens (including phenoxy) is 1. The molecule has 0 saturated heterocycles. The van der Waals surface area contributed by atoms with Crippen LogP contribution in [0.4, 0.5) is 20.7 Å². The van der Waals surface area contributed by atoms with Gasteiger partial charge in [0.2, 0.25) is 0 Å². The van der Waals surface area contributed by atoms with E-state index < -0.39 is 23.5 Å². The quantitative estimate of drug-likeness (QED) is 0.624. The fraction of sp³-hybridized carbons (Fsp3) is 0.167. The number of aromatic nitrogens is 2. The predicted octanol–water partition coefficient (Wildman–Crippen LogP) is 4.07. The summed E-state index contributed by atoms with van der Waals surface area (Å²) in [5.74, 6) is -0.154. The summed E-state index contributed by atoms with van der Waals surface area (Å²) in [6.45, 7) is 1.76. The summed E-state index contributed by atoms with van der Waals surface area (Å²) in [6, 6.07) is 7.05. The number of H-pyrrole nitrogens is 1. The zero-order chi connectivity index (χ0) is 19.6. The molecule has 0 fully saturated rings.